The van der Waals surface area contributed by atoms with E-state index in [9.17, 15) is 4.79 Å². The molecule has 0 saturated carbocycles. The minimum atomic E-state index is -0.780. The van der Waals surface area contributed by atoms with Gasteiger partial charge in [0, 0.05) is 18.3 Å². The van der Waals surface area contributed by atoms with E-state index in [0.717, 1.165) is 5.69 Å². The summed E-state index contributed by atoms with van der Waals surface area (Å²) in [4.78, 5) is 12.6. The maximum absolute atomic E-state index is 10.6. The second-order valence-corrected chi connectivity index (χ2v) is 3.65. The molecule has 0 aliphatic carbocycles. The number of aliphatic carboxylic acids is 1. The van der Waals surface area contributed by atoms with Crippen molar-refractivity contribution in [2.24, 2.45) is 0 Å². The van der Waals surface area contributed by atoms with Crippen LogP contribution >= 0.6 is 0 Å². The molecule has 0 saturated heterocycles. The summed E-state index contributed by atoms with van der Waals surface area (Å²) in [6, 6.07) is 9.90. The predicted molar refractivity (Wildman–Crippen MR) is 65.7 cm³/mol. The highest BCUT2D eigenvalue weighted by molar-refractivity contribution is 5.67. The third-order valence-corrected chi connectivity index (χ3v) is 2.49. The van der Waals surface area contributed by atoms with E-state index in [-0.39, 0.29) is 12.5 Å². The number of hydrogen-bond donors (Lipinski definition) is 1. The topological polar surface area (TPSA) is 40.5 Å². The number of carboxylic acids is 1. The summed E-state index contributed by atoms with van der Waals surface area (Å²) in [5.41, 5.74) is 1.02. The lowest BCUT2D eigenvalue weighted by atomic mass is 10.2. The van der Waals surface area contributed by atoms with Crippen molar-refractivity contribution in [3.63, 3.8) is 0 Å². The monoisotopic (exact) mass is 219 g/mol. The zero-order chi connectivity index (χ0) is 12.0. The lowest BCUT2D eigenvalue weighted by molar-refractivity contribution is -0.136. The number of anilines is 1. The van der Waals surface area contributed by atoms with E-state index in [1.165, 1.54) is 0 Å². The number of hydrogen-bond acceptors (Lipinski definition) is 2. The molecular formula is C13H17NO2. The lowest BCUT2D eigenvalue weighted by Crippen LogP contribution is -2.33. The molecular weight excluding hydrogens is 202 g/mol. The van der Waals surface area contributed by atoms with Crippen molar-refractivity contribution in [3.05, 3.63) is 43.0 Å². The van der Waals surface area contributed by atoms with E-state index in [0.29, 0.717) is 6.54 Å². The zero-order valence-electron chi connectivity index (χ0n) is 9.47. The average Bonchev–Trinajstić information content (AvgIpc) is 2.30. The number of carbonyl (C=O) groups is 1. The van der Waals surface area contributed by atoms with Gasteiger partial charge in [-0.05, 0) is 19.1 Å². The number of rotatable bonds is 6. The van der Waals surface area contributed by atoms with Crippen LogP contribution in [-0.4, -0.2) is 23.7 Å². The molecule has 1 aromatic carbocycles. The highest BCUT2D eigenvalue weighted by Crippen LogP contribution is 2.17. The zero-order valence-corrected chi connectivity index (χ0v) is 9.47. The molecule has 0 aliphatic heterocycles. The van der Waals surface area contributed by atoms with Crippen LogP contribution in [0.3, 0.4) is 0 Å². The summed E-state index contributed by atoms with van der Waals surface area (Å²) in [6.45, 7) is 6.24. The highest BCUT2D eigenvalue weighted by atomic mass is 16.4. The molecule has 0 heterocycles. The molecule has 86 valence electrons. The normalized spacial score (nSPS) is 11.8. The number of benzene rings is 1. The Hall–Kier alpha value is -1.77. The van der Waals surface area contributed by atoms with Crippen molar-refractivity contribution < 1.29 is 9.90 Å². The van der Waals surface area contributed by atoms with Gasteiger partial charge in [0.1, 0.15) is 0 Å². The van der Waals surface area contributed by atoms with Crippen LogP contribution in [0.5, 0.6) is 0 Å². The van der Waals surface area contributed by atoms with Gasteiger partial charge in [-0.2, -0.15) is 0 Å². The molecule has 0 spiro atoms. The first-order chi connectivity index (χ1) is 7.65. The largest absolute Gasteiger partial charge is 0.481 e. The van der Waals surface area contributed by atoms with Gasteiger partial charge in [0.25, 0.3) is 0 Å². The second-order valence-electron chi connectivity index (χ2n) is 3.65. The Morgan fingerprint density at radius 3 is 2.62 bits per heavy atom. The van der Waals surface area contributed by atoms with Crippen LogP contribution in [0, 0.1) is 0 Å². The Balaban J connectivity index is 2.79. The lowest BCUT2D eigenvalue weighted by Gasteiger charge is -2.28. The van der Waals surface area contributed by atoms with E-state index < -0.39 is 5.97 Å². The molecule has 3 heteroatoms. The summed E-state index contributed by atoms with van der Waals surface area (Å²) < 4.78 is 0. The van der Waals surface area contributed by atoms with Gasteiger partial charge in [-0.25, -0.2) is 0 Å². The van der Waals surface area contributed by atoms with Crippen LogP contribution < -0.4 is 4.90 Å². The van der Waals surface area contributed by atoms with Crippen LogP contribution in [-0.2, 0) is 4.79 Å². The molecule has 1 N–H and O–H groups in total. The third kappa shape index (κ3) is 3.42. The molecule has 0 aliphatic rings. The molecule has 1 rings (SSSR count). The maximum atomic E-state index is 10.6. The fraction of sp³-hybridized carbons (Fsp3) is 0.308. The van der Waals surface area contributed by atoms with Crippen molar-refractivity contribution >= 4 is 11.7 Å². The summed E-state index contributed by atoms with van der Waals surface area (Å²) in [6.07, 6.45) is 1.95. The van der Waals surface area contributed by atoms with Crippen molar-refractivity contribution in [3.8, 4) is 0 Å². The SMILES string of the molecule is C=CC(C)N(CCC(=O)O)c1ccccc1. The van der Waals surface area contributed by atoms with E-state index in [1.54, 1.807) is 0 Å². The van der Waals surface area contributed by atoms with Gasteiger partial charge in [0.05, 0.1) is 6.42 Å². The first-order valence-corrected chi connectivity index (χ1v) is 5.31. The molecule has 0 bridgehead atoms. The molecule has 0 fully saturated rings. The fourth-order valence-corrected chi connectivity index (χ4v) is 1.53. The first-order valence-electron chi connectivity index (χ1n) is 5.31. The Labute approximate surface area is 96.0 Å². The van der Waals surface area contributed by atoms with Crippen LogP contribution in [0.2, 0.25) is 0 Å². The summed E-state index contributed by atoms with van der Waals surface area (Å²) in [5, 5.41) is 8.71. The van der Waals surface area contributed by atoms with Crippen LogP contribution in [0.25, 0.3) is 0 Å². The summed E-state index contributed by atoms with van der Waals surface area (Å²) in [7, 11) is 0. The number of para-hydroxylation sites is 1. The van der Waals surface area contributed by atoms with Crippen LogP contribution in [0.1, 0.15) is 13.3 Å². The van der Waals surface area contributed by atoms with Crippen molar-refractivity contribution in [1.82, 2.24) is 0 Å². The van der Waals surface area contributed by atoms with Gasteiger partial charge in [-0.15, -0.1) is 6.58 Å². The molecule has 1 atom stereocenters. The van der Waals surface area contributed by atoms with Crippen molar-refractivity contribution in [2.45, 2.75) is 19.4 Å². The average molecular weight is 219 g/mol. The molecule has 0 radical (unpaired) electrons. The highest BCUT2D eigenvalue weighted by Gasteiger charge is 2.12. The van der Waals surface area contributed by atoms with Gasteiger partial charge in [0.15, 0.2) is 0 Å². The first kappa shape index (κ1) is 12.3. The minimum absolute atomic E-state index is 0.127. The Morgan fingerprint density at radius 1 is 1.50 bits per heavy atom. The second kappa shape index (κ2) is 5.95. The molecule has 16 heavy (non-hydrogen) atoms. The Bertz CT molecular complexity index is 348. The Kier molecular flexibility index (Phi) is 4.58. The molecule has 3 nitrogen and oxygen atoms in total. The fourth-order valence-electron chi connectivity index (χ4n) is 1.53. The van der Waals surface area contributed by atoms with Gasteiger partial charge < -0.3 is 10.0 Å². The summed E-state index contributed by atoms with van der Waals surface area (Å²) >= 11 is 0. The van der Waals surface area contributed by atoms with E-state index >= 15 is 0 Å². The smallest absolute Gasteiger partial charge is 0.305 e. The van der Waals surface area contributed by atoms with E-state index in [2.05, 4.69) is 6.58 Å². The summed E-state index contributed by atoms with van der Waals surface area (Å²) in [5.74, 6) is -0.780. The van der Waals surface area contributed by atoms with Gasteiger partial charge in [-0.1, -0.05) is 24.3 Å². The number of nitrogens with zero attached hydrogens (tertiary/aromatic N) is 1. The van der Waals surface area contributed by atoms with Gasteiger partial charge in [-0.3, -0.25) is 4.79 Å². The van der Waals surface area contributed by atoms with Crippen molar-refractivity contribution in [2.75, 3.05) is 11.4 Å². The number of carboxylic acid groups (broad SMARTS) is 1. The quantitative estimate of drug-likeness (QED) is 0.747. The van der Waals surface area contributed by atoms with E-state index in [4.69, 9.17) is 5.11 Å². The van der Waals surface area contributed by atoms with Crippen molar-refractivity contribution in [1.29, 1.82) is 0 Å². The molecule has 0 aromatic heterocycles. The standard InChI is InChI=1S/C13H17NO2/c1-3-11(2)14(10-9-13(15)16)12-7-5-4-6-8-12/h3-8,11H,1,9-10H2,2H3,(H,15,16). The molecule has 1 unspecified atom stereocenters. The minimum Gasteiger partial charge on any atom is -0.481 e. The molecule has 1 aromatic rings. The predicted octanol–water partition coefficient (Wildman–Crippen LogP) is 2.54. The Morgan fingerprint density at radius 2 is 2.12 bits per heavy atom. The van der Waals surface area contributed by atoms with Crippen LogP contribution in [0.15, 0.2) is 43.0 Å². The van der Waals surface area contributed by atoms with E-state index in [1.807, 2.05) is 48.2 Å². The maximum Gasteiger partial charge on any atom is 0.305 e. The third-order valence-electron chi connectivity index (χ3n) is 2.49. The van der Waals surface area contributed by atoms with Crippen LogP contribution in [0.4, 0.5) is 5.69 Å². The van der Waals surface area contributed by atoms with Gasteiger partial charge >= 0.3 is 5.97 Å². The molecule has 0 amide bonds. The van der Waals surface area contributed by atoms with Gasteiger partial charge in [0.2, 0.25) is 0 Å².